The molecular formula is C16H19ClN4. The van der Waals surface area contributed by atoms with Crippen LogP contribution in [0.25, 0.3) is 0 Å². The molecule has 0 aliphatic heterocycles. The summed E-state index contributed by atoms with van der Waals surface area (Å²) in [6, 6.07) is 12.3. The summed E-state index contributed by atoms with van der Waals surface area (Å²) < 4.78 is 1.84. The largest absolute Gasteiger partial charge is 0.296 e. The number of nitriles is 1. The van der Waals surface area contributed by atoms with Crippen molar-refractivity contribution in [2.45, 2.75) is 32.4 Å². The number of rotatable bonds is 6. The smallest absolute Gasteiger partial charge is 0.134 e. The minimum Gasteiger partial charge on any atom is -0.296 e. The molecule has 2 aromatic rings. The van der Waals surface area contributed by atoms with E-state index in [9.17, 15) is 5.26 Å². The lowest BCUT2D eigenvalue weighted by Crippen LogP contribution is -2.42. The van der Waals surface area contributed by atoms with E-state index in [0.717, 1.165) is 17.8 Å². The van der Waals surface area contributed by atoms with Gasteiger partial charge in [-0.15, -0.1) is 0 Å². The molecule has 1 heterocycles. The molecule has 5 heteroatoms. The van der Waals surface area contributed by atoms with Crippen LogP contribution in [-0.4, -0.2) is 16.3 Å². The van der Waals surface area contributed by atoms with Gasteiger partial charge in [0.1, 0.15) is 5.54 Å². The number of halogens is 1. The van der Waals surface area contributed by atoms with Crippen molar-refractivity contribution in [3.8, 4) is 6.07 Å². The van der Waals surface area contributed by atoms with Crippen molar-refractivity contribution in [3.05, 3.63) is 52.8 Å². The molecular weight excluding hydrogens is 284 g/mol. The third kappa shape index (κ3) is 3.26. The number of aromatic nitrogens is 2. The zero-order valence-corrected chi connectivity index (χ0v) is 13.1. The normalized spacial score (nSPS) is 13.6. The molecule has 1 aromatic heterocycles. The van der Waals surface area contributed by atoms with Gasteiger partial charge in [-0.25, -0.2) is 0 Å². The van der Waals surface area contributed by atoms with Gasteiger partial charge in [0.2, 0.25) is 0 Å². The Labute approximate surface area is 130 Å². The second-order valence-corrected chi connectivity index (χ2v) is 5.37. The highest BCUT2D eigenvalue weighted by atomic mass is 35.5. The van der Waals surface area contributed by atoms with Crippen molar-refractivity contribution < 1.29 is 0 Å². The number of benzene rings is 1. The van der Waals surface area contributed by atoms with Crippen LogP contribution in [0.2, 0.25) is 5.02 Å². The third-order valence-corrected chi connectivity index (χ3v) is 4.05. The van der Waals surface area contributed by atoms with Crippen LogP contribution in [0, 0.1) is 18.3 Å². The highest BCUT2D eigenvalue weighted by Crippen LogP contribution is 2.26. The molecule has 1 unspecified atom stereocenters. The molecule has 110 valence electrons. The van der Waals surface area contributed by atoms with Crippen LogP contribution in [0.15, 0.2) is 36.5 Å². The minimum absolute atomic E-state index is 0.625. The first-order valence-corrected chi connectivity index (χ1v) is 7.40. The summed E-state index contributed by atoms with van der Waals surface area (Å²) in [4.78, 5) is 0. The summed E-state index contributed by atoms with van der Waals surface area (Å²) in [5.41, 5.74) is 1.19. The van der Waals surface area contributed by atoms with Gasteiger partial charge in [-0.1, -0.05) is 48.9 Å². The molecule has 0 radical (unpaired) electrons. The number of nitrogens with one attached hydrogen (secondary N) is 1. The van der Waals surface area contributed by atoms with Crippen molar-refractivity contribution in [2.24, 2.45) is 0 Å². The molecule has 21 heavy (non-hydrogen) atoms. The van der Waals surface area contributed by atoms with Gasteiger partial charge in [-0.05, 0) is 19.0 Å². The van der Waals surface area contributed by atoms with E-state index < -0.39 is 5.54 Å². The Balaban J connectivity index is 2.25. The highest BCUT2D eigenvalue weighted by Gasteiger charge is 2.31. The second-order valence-electron chi connectivity index (χ2n) is 4.96. The van der Waals surface area contributed by atoms with Crippen LogP contribution in [0.4, 0.5) is 0 Å². The topological polar surface area (TPSA) is 53.6 Å². The van der Waals surface area contributed by atoms with Gasteiger partial charge < -0.3 is 0 Å². The predicted octanol–water partition coefficient (Wildman–Crippen LogP) is 3.26. The van der Waals surface area contributed by atoms with Crippen LogP contribution in [0.5, 0.6) is 0 Å². The van der Waals surface area contributed by atoms with Gasteiger partial charge in [0, 0.05) is 13.0 Å². The SMILES string of the molecule is CCNC(C#N)(CCn1ncc(Cl)c1C)c1ccccc1. The summed E-state index contributed by atoms with van der Waals surface area (Å²) in [6.45, 7) is 5.29. The van der Waals surface area contributed by atoms with Crippen LogP contribution >= 0.6 is 11.6 Å². The Morgan fingerprint density at radius 1 is 1.38 bits per heavy atom. The molecule has 0 fully saturated rings. The monoisotopic (exact) mass is 302 g/mol. The van der Waals surface area contributed by atoms with Crippen LogP contribution in [0.3, 0.4) is 0 Å². The molecule has 0 amide bonds. The van der Waals surface area contributed by atoms with Crippen molar-refractivity contribution in [2.75, 3.05) is 6.54 Å². The Bertz CT molecular complexity index is 629. The van der Waals surface area contributed by atoms with E-state index in [0.29, 0.717) is 18.0 Å². The first-order valence-electron chi connectivity index (χ1n) is 7.02. The summed E-state index contributed by atoms with van der Waals surface area (Å²) in [6.07, 6.45) is 2.26. The van der Waals surface area contributed by atoms with Gasteiger partial charge in [0.05, 0.1) is 23.0 Å². The fourth-order valence-electron chi connectivity index (χ4n) is 2.44. The van der Waals surface area contributed by atoms with Crippen LogP contribution in [-0.2, 0) is 12.1 Å². The quantitative estimate of drug-likeness (QED) is 0.891. The predicted molar refractivity (Wildman–Crippen MR) is 84.0 cm³/mol. The fraction of sp³-hybridized carbons (Fsp3) is 0.375. The number of hydrogen-bond donors (Lipinski definition) is 1. The van der Waals surface area contributed by atoms with E-state index >= 15 is 0 Å². The molecule has 0 saturated carbocycles. The van der Waals surface area contributed by atoms with E-state index in [1.54, 1.807) is 6.20 Å². The lowest BCUT2D eigenvalue weighted by molar-refractivity contribution is 0.369. The van der Waals surface area contributed by atoms with E-state index in [-0.39, 0.29) is 0 Å². The van der Waals surface area contributed by atoms with Crippen molar-refractivity contribution in [1.29, 1.82) is 5.26 Å². The maximum absolute atomic E-state index is 9.75. The Hall–Kier alpha value is -1.83. The fourth-order valence-corrected chi connectivity index (χ4v) is 2.58. The van der Waals surface area contributed by atoms with Crippen LogP contribution in [0.1, 0.15) is 24.6 Å². The standard InChI is InChI=1S/C16H19ClN4/c1-3-19-16(12-18,14-7-5-4-6-8-14)9-10-21-13(2)15(17)11-20-21/h4-8,11,19H,3,9-10H2,1-2H3. The molecule has 2 rings (SSSR count). The summed E-state index contributed by atoms with van der Waals surface area (Å²) in [5.74, 6) is 0. The molecule has 0 spiro atoms. The zero-order valence-electron chi connectivity index (χ0n) is 12.3. The first kappa shape index (κ1) is 15.6. The maximum atomic E-state index is 9.75. The van der Waals surface area contributed by atoms with E-state index in [1.165, 1.54) is 0 Å². The second kappa shape index (κ2) is 6.75. The van der Waals surface area contributed by atoms with E-state index in [4.69, 9.17) is 11.6 Å². The van der Waals surface area contributed by atoms with Crippen molar-refractivity contribution in [3.63, 3.8) is 0 Å². The summed E-state index contributed by atoms with van der Waals surface area (Å²) >= 11 is 6.03. The number of hydrogen-bond acceptors (Lipinski definition) is 3. The molecule has 0 aliphatic rings. The van der Waals surface area contributed by atoms with Gasteiger partial charge in [-0.2, -0.15) is 10.4 Å². The Morgan fingerprint density at radius 2 is 2.10 bits per heavy atom. The molecule has 0 saturated heterocycles. The Morgan fingerprint density at radius 3 is 2.62 bits per heavy atom. The van der Waals surface area contributed by atoms with Crippen molar-refractivity contribution in [1.82, 2.24) is 15.1 Å². The zero-order chi connectivity index (χ0) is 15.3. The number of aryl methyl sites for hydroxylation is 1. The van der Waals surface area contributed by atoms with Gasteiger partial charge in [0.15, 0.2) is 0 Å². The molecule has 0 bridgehead atoms. The lowest BCUT2D eigenvalue weighted by atomic mass is 9.88. The first-order chi connectivity index (χ1) is 10.1. The number of nitrogens with zero attached hydrogens (tertiary/aromatic N) is 3. The van der Waals surface area contributed by atoms with Crippen molar-refractivity contribution >= 4 is 11.6 Å². The van der Waals surface area contributed by atoms with Gasteiger partial charge in [0.25, 0.3) is 0 Å². The molecule has 0 aliphatic carbocycles. The van der Waals surface area contributed by atoms with Gasteiger partial charge >= 0.3 is 0 Å². The molecule has 1 atom stereocenters. The highest BCUT2D eigenvalue weighted by molar-refractivity contribution is 6.31. The maximum Gasteiger partial charge on any atom is 0.134 e. The summed E-state index contributed by atoms with van der Waals surface area (Å²) in [5, 5.41) is 18.0. The molecule has 1 aromatic carbocycles. The average molecular weight is 303 g/mol. The minimum atomic E-state index is -0.707. The molecule has 1 N–H and O–H groups in total. The average Bonchev–Trinajstić information content (AvgIpc) is 2.84. The van der Waals surface area contributed by atoms with Crippen LogP contribution < -0.4 is 5.32 Å². The van der Waals surface area contributed by atoms with E-state index in [1.807, 2.05) is 48.9 Å². The third-order valence-electron chi connectivity index (χ3n) is 3.68. The molecule has 4 nitrogen and oxygen atoms in total. The lowest BCUT2D eigenvalue weighted by Gasteiger charge is -2.28. The Kier molecular flexibility index (Phi) is 5.00. The van der Waals surface area contributed by atoms with Gasteiger partial charge in [-0.3, -0.25) is 10.00 Å². The van der Waals surface area contributed by atoms with E-state index in [2.05, 4.69) is 16.5 Å². The summed E-state index contributed by atoms with van der Waals surface area (Å²) in [7, 11) is 0.